The van der Waals surface area contributed by atoms with Crippen LogP contribution in [0, 0.1) is 11.8 Å². The molecule has 2 aliphatic heterocycles. The summed E-state index contributed by atoms with van der Waals surface area (Å²) in [6.07, 6.45) is 0. The van der Waals surface area contributed by atoms with Gasteiger partial charge in [-0.25, -0.2) is 4.90 Å². The average molecular weight is 351 g/mol. The lowest BCUT2D eigenvalue weighted by Crippen LogP contribution is -2.57. The normalized spacial score (nSPS) is 24.6. The number of esters is 1. The molecule has 4 rings (SSSR count). The van der Waals surface area contributed by atoms with E-state index in [2.05, 4.69) is 0 Å². The van der Waals surface area contributed by atoms with E-state index < -0.39 is 29.6 Å². The molecule has 2 aromatic rings. The maximum absolute atomic E-state index is 13.1. The molecule has 3 atom stereocenters. The third-order valence-electron chi connectivity index (χ3n) is 5.07. The Morgan fingerprint density at radius 1 is 0.962 bits per heavy atom. The zero-order valence-electron chi connectivity index (χ0n) is 14.3. The van der Waals surface area contributed by atoms with E-state index in [-0.39, 0.29) is 5.91 Å². The third-order valence-corrected chi connectivity index (χ3v) is 5.07. The highest BCUT2D eigenvalue weighted by molar-refractivity contribution is 6.23. The summed E-state index contributed by atoms with van der Waals surface area (Å²) >= 11 is 0. The molecular weight excluding hydrogens is 334 g/mol. The summed E-state index contributed by atoms with van der Waals surface area (Å²) in [5.41, 5.74) is 1.14. The number of amides is 2. The predicted molar refractivity (Wildman–Crippen MR) is 93.0 cm³/mol. The van der Waals surface area contributed by atoms with Crippen LogP contribution >= 0.6 is 0 Å². The van der Waals surface area contributed by atoms with Crippen molar-refractivity contribution >= 4 is 23.5 Å². The quantitative estimate of drug-likeness (QED) is 0.360. The lowest BCUT2D eigenvalue weighted by atomic mass is 9.72. The Morgan fingerprint density at radius 3 is 2.35 bits per heavy atom. The van der Waals surface area contributed by atoms with Gasteiger partial charge < -0.3 is 9.47 Å². The van der Waals surface area contributed by atoms with Crippen molar-refractivity contribution in [3.8, 4) is 11.5 Å². The van der Waals surface area contributed by atoms with Gasteiger partial charge in [-0.05, 0) is 30.3 Å². The van der Waals surface area contributed by atoms with E-state index in [4.69, 9.17) is 9.47 Å². The van der Waals surface area contributed by atoms with Crippen molar-refractivity contribution in [1.29, 1.82) is 0 Å². The van der Waals surface area contributed by atoms with Crippen molar-refractivity contribution in [3.05, 3.63) is 54.1 Å². The number of piperidine rings is 1. The molecule has 1 fully saturated rings. The summed E-state index contributed by atoms with van der Waals surface area (Å²) in [5.74, 6) is -2.53. The predicted octanol–water partition coefficient (Wildman–Crippen LogP) is 2.52. The second-order valence-corrected chi connectivity index (χ2v) is 6.46. The summed E-state index contributed by atoms with van der Waals surface area (Å²) in [4.78, 5) is 39.7. The second kappa shape index (κ2) is 5.98. The molecule has 2 heterocycles. The van der Waals surface area contributed by atoms with Crippen LogP contribution in [0.5, 0.6) is 11.5 Å². The fourth-order valence-corrected chi connectivity index (χ4v) is 3.75. The van der Waals surface area contributed by atoms with Gasteiger partial charge >= 0.3 is 5.97 Å². The fourth-order valence-electron chi connectivity index (χ4n) is 3.75. The van der Waals surface area contributed by atoms with Gasteiger partial charge in [-0.15, -0.1) is 0 Å². The first-order valence-electron chi connectivity index (χ1n) is 8.35. The molecule has 0 saturated carbocycles. The minimum Gasteiger partial charge on any atom is -0.497 e. The molecule has 0 unspecified atom stereocenters. The number of carbonyl (C=O) groups is 3. The van der Waals surface area contributed by atoms with Gasteiger partial charge in [-0.1, -0.05) is 25.1 Å². The van der Waals surface area contributed by atoms with E-state index >= 15 is 0 Å². The molecule has 6 heteroatoms. The summed E-state index contributed by atoms with van der Waals surface area (Å²) in [6.45, 7) is 1.75. The Hall–Kier alpha value is -3.15. The number of ether oxygens (including phenoxy) is 2. The van der Waals surface area contributed by atoms with E-state index in [0.717, 1.165) is 10.5 Å². The number of anilines is 1. The Morgan fingerprint density at radius 2 is 1.65 bits per heavy atom. The van der Waals surface area contributed by atoms with Crippen LogP contribution < -0.4 is 14.4 Å². The largest absolute Gasteiger partial charge is 0.497 e. The first-order chi connectivity index (χ1) is 12.5. The first-order valence-corrected chi connectivity index (χ1v) is 8.35. The Labute approximate surface area is 150 Å². The summed E-state index contributed by atoms with van der Waals surface area (Å²) in [5, 5.41) is 0. The SMILES string of the molecule is COc1ccc(N2C(=O)[C@@H]3C(=O)Oc4ccccc4[C@H]3[C@H](C)C2=O)cc1. The average Bonchev–Trinajstić information content (AvgIpc) is 2.66. The van der Waals surface area contributed by atoms with Crippen molar-refractivity contribution in [3.63, 3.8) is 0 Å². The van der Waals surface area contributed by atoms with Crippen LogP contribution in [0.2, 0.25) is 0 Å². The fraction of sp³-hybridized carbons (Fsp3) is 0.250. The molecule has 0 N–H and O–H groups in total. The van der Waals surface area contributed by atoms with Crippen LogP contribution in [0.25, 0.3) is 0 Å². The van der Waals surface area contributed by atoms with Gasteiger partial charge in [0.25, 0.3) is 0 Å². The molecule has 2 aromatic carbocycles. The van der Waals surface area contributed by atoms with Crippen LogP contribution in [0.15, 0.2) is 48.5 Å². The van der Waals surface area contributed by atoms with Crippen molar-refractivity contribution in [2.75, 3.05) is 12.0 Å². The highest BCUT2D eigenvalue weighted by Crippen LogP contribution is 2.46. The van der Waals surface area contributed by atoms with Gasteiger partial charge in [0.15, 0.2) is 0 Å². The molecular formula is C20H17NO5. The molecule has 0 bridgehead atoms. The molecule has 2 aliphatic rings. The maximum atomic E-state index is 13.1. The molecule has 6 nitrogen and oxygen atoms in total. The van der Waals surface area contributed by atoms with Crippen LogP contribution in [0.1, 0.15) is 18.4 Å². The number of nitrogens with zero attached hydrogens (tertiary/aromatic N) is 1. The van der Waals surface area contributed by atoms with Crippen LogP contribution in [0.4, 0.5) is 5.69 Å². The number of methoxy groups -OCH3 is 1. The van der Waals surface area contributed by atoms with E-state index in [1.807, 2.05) is 6.07 Å². The summed E-state index contributed by atoms with van der Waals surface area (Å²) in [6, 6.07) is 13.6. The van der Waals surface area contributed by atoms with Crippen molar-refractivity contribution in [2.45, 2.75) is 12.8 Å². The smallest absolute Gasteiger partial charge is 0.324 e. The maximum Gasteiger partial charge on any atom is 0.324 e. The lowest BCUT2D eigenvalue weighted by molar-refractivity contribution is -0.151. The molecule has 2 amide bonds. The Bertz CT molecular complexity index is 905. The van der Waals surface area contributed by atoms with Crippen molar-refractivity contribution in [2.24, 2.45) is 11.8 Å². The molecule has 26 heavy (non-hydrogen) atoms. The highest BCUT2D eigenvalue weighted by Gasteiger charge is 2.54. The Balaban J connectivity index is 1.78. The van der Waals surface area contributed by atoms with Gasteiger partial charge in [-0.3, -0.25) is 14.4 Å². The van der Waals surface area contributed by atoms with Crippen LogP contribution in [0.3, 0.4) is 0 Å². The second-order valence-electron chi connectivity index (χ2n) is 6.46. The number of carbonyl (C=O) groups excluding carboxylic acids is 3. The standard InChI is InChI=1S/C20H17NO5/c1-11-16-14-5-3-4-6-15(14)26-20(24)17(16)19(23)21(18(11)22)12-7-9-13(25-2)10-8-12/h3-11,16-17H,1-2H3/t11-,16+,17+/m0/s1. The zero-order valence-corrected chi connectivity index (χ0v) is 14.3. The van der Waals surface area contributed by atoms with Gasteiger partial charge in [-0.2, -0.15) is 0 Å². The van der Waals surface area contributed by atoms with Crippen LogP contribution in [-0.4, -0.2) is 24.9 Å². The number of benzene rings is 2. The van der Waals surface area contributed by atoms with Crippen molar-refractivity contribution < 1.29 is 23.9 Å². The number of imide groups is 1. The van der Waals surface area contributed by atoms with Gasteiger partial charge in [0.2, 0.25) is 11.8 Å². The number of fused-ring (bicyclic) bond motifs is 3. The number of rotatable bonds is 2. The monoisotopic (exact) mass is 351 g/mol. The van der Waals surface area contributed by atoms with Crippen LogP contribution in [-0.2, 0) is 14.4 Å². The number of hydrogen-bond acceptors (Lipinski definition) is 5. The molecule has 1 saturated heterocycles. The van der Waals surface area contributed by atoms with E-state index in [0.29, 0.717) is 17.2 Å². The van der Waals surface area contributed by atoms with Crippen molar-refractivity contribution in [1.82, 2.24) is 0 Å². The molecule has 132 valence electrons. The minimum absolute atomic E-state index is 0.328. The molecule has 0 aromatic heterocycles. The van der Waals surface area contributed by atoms with Gasteiger partial charge in [0, 0.05) is 17.4 Å². The summed E-state index contributed by atoms with van der Waals surface area (Å²) in [7, 11) is 1.54. The highest BCUT2D eigenvalue weighted by atomic mass is 16.5. The van der Waals surface area contributed by atoms with E-state index in [1.165, 1.54) is 7.11 Å². The lowest BCUT2D eigenvalue weighted by Gasteiger charge is -2.41. The summed E-state index contributed by atoms with van der Waals surface area (Å²) < 4.78 is 10.5. The first kappa shape index (κ1) is 16.3. The topological polar surface area (TPSA) is 72.9 Å². The van der Waals surface area contributed by atoms with E-state index in [1.54, 1.807) is 49.4 Å². The minimum atomic E-state index is -1.03. The van der Waals surface area contributed by atoms with Gasteiger partial charge in [0.05, 0.1) is 12.8 Å². The molecule has 0 spiro atoms. The van der Waals surface area contributed by atoms with Gasteiger partial charge in [0.1, 0.15) is 17.4 Å². The third kappa shape index (κ3) is 2.29. The number of para-hydroxylation sites is 1. The number of hydrogen-bond donors (Lipinski definition) is 0. The molecule has 0 radical (unpaired) electrons. The molecule has 0 aliphatic carbocycles. The Kier molecular flexibility index (Phi) is 3.76. The van der Waals surface area contributed by atoms with E-state index in [9.17, 15) is 14.4 Å². The zero-order chi connectivity index (χ0) is 18.4.